The first-order valence-corrected chi connectivity index (χ1v) is 4.81. The van der Waals surface area contributed by atoms with Gasteiger partial charge in [-0.3, -0.25) is 0 Å². The molecule has 1 heterocycles. The van der Waals surface area contributed by atoms with E-state index in [1.807, 2.05) is 0 Å². The summed E-state index contributed by atoms with van der Waals surface area (Å²) < 4.78 is 39.1. The summed E-state index contributed by atoms with van der Waals surface area (Å²) in [5.41, 5.74) is 0. The van der Waals surface area contributed by atoms with Crippen LogP contribution in [0.3, 0.4) is 0 Å². The van der Waals surface area contributed by atoms with E-state index in [9.17, 15) is 0 Å². The molecule has 1 N–H and O–H groups in total. The molecule has 6 nitrogen and oxygen atoms in total. The van der Waals surface area contributed by atoms with Crippen LogP contribution in [0.25, 0.3) is 0 Å². The molecule has 0 unspecified atom stereocenters. The van der Waals surface area contributed by atoms with E-state index in [0.29, 0.717) is 5.76 Å². The Bertz CT molecular complexity index is 283. The zero-order valence-corrected chi connectivity index (χ0v) is 8.35. The van der Waals surface area contributed by atoms with Crippen molar-refractivity contribution in [3.63, 3.8) is 0 Å². The predicted octanol–water partition coefficient (Wildman–Crippen LogP) is -1.85. The molecule has 8 heteroatoms. The van der Waals surface area contributed by atoms with Gasteiger partial charge in [-0.05, 0) is 12.1 Å². The summed E-state index contributed by atoms with van der Waals surface area (Å²) in [4.78, 5) is 0. The molecule has 0 amide bonds. The van der Waals surface area contributed by atoms with E-state index >= 15 is 0 Å². The molecule has 0 aliphatic heterocycles. The monoisotopic (exact) mass is 277 g/mol. The number of furan rings is 1. The third kappa shape index (κ3) is 14.6. The van der Waals surface area contributed by atoms with Crippen LogP contribution < -0.4 is 8.32 Å². The third-order valence-corrected chi connectivity index (χ3v) is 0.736. The van der Waals surface area contributed by atoms with E-state index in [4.69, 9.17) is 25.4 Å². The Morgan fingerprint density at radius 1 is 1.46 bits per heavy atom. The molecule has 0 atom stereocenters. The van der Waals surface area contributed by atoms with Gasteiger partial charge in [0.25, 0.3) is 0 Å². The Kier molecular flexibility index (Phi) is 8.51. The average Bonchev–Trinajstić information content (AvgIpc) is 2.33. The molecule has 0 saturated carbocycles. The van der Waals surface area contributed by atoms with Crippen molar-refractivity contribution in [3.05, 3.63) is 24.2 Å². The molecule has 1 aromatic heterocycles. The van der Waals surface area contributed by atoms with E-state index < -0.39 is 13.6 Å². The average molecular weight is 278 g/mol. The van der Waals surface area contributed by atoms with Crippen LogP contribution in [0.2, 0.25) is 0 Å². The summed E-state index contributed by atoms with van der Waals surface area (Å²) in [6.45, 7) is -0.00694. The summed E-state index contributed by atoms with van der Waals surface area (Å²) in [6, 6.07) is 3.46. The van der Waals surface area contributed by atoms with Crippen LogP contribution in [0, 0.1) is 0 Å². The zero-order valence-electron chi connectivity index (χ0n) is 6.14. The molecule has 0 fully saturated rings. The molecule has 13 heavy (non-hydrogen) atoms. The first-order valence-electron chi connectivity index (χ1n) is 2.73. The second kappa shape index (κ2) is 7.24. The standard InChI is InChI=1S/C5H6O2.Cr.Cu.4O/c6-4-5-2-1-3-7-5;;;;;;/h1-3,6H,4H2;;;;;;/q;;+2;;;2*-1. The van der Waals surface area contributed by atoms with E-state index in [1.54, 1.807) is 12.1 Å². The van der Waals surface area contributed by atoms with Gasteiger partial charge in [0.2, 0.25) is 0 Å². The van der Waals surface area contributed by atoms with Gasteiger partial charge in [-0.25, -0.2) is 0 Å². The molecule has 0 saturated heterocycles. The van der Waals surface area contributed by atoms with Gasteiger partial charge in [-0.1, -0.05) is 0 Å². The molecular formula is C5H6CrCuO6. The van der Waals surface area contributed by atoms with Crippen molar-refractivity contribution in [2.75, 3.05) is 0 Å². The fourth-order valence-electron chi connectivity index (χ4n) is 0.403. The summed E-state index contributed by atoms with van der Waals surface area (Å²) in [7, 11) is 0. The molecule has 1 rings (SSSR count). The maximum atomic E-state index is 8.59. The van der Waals surface area contributed by atoms with Crippen molar-refractivity contribution in [2.45, 2.75) is 6.61 Å². The number of rotatable bonds is 1. The fourth-order valence-corrected chi connectivity index (χ4v) is 0.403. The van der Waals surface area contributed by atoms with Gasteiger partial charge >= 0.3 is 46.6 Å². The van der Waals surface area contributed by atoms with Crippen LogP contribution in [0.5, 0.6) is 0 Å². The minimum absolute atomic E-state index is 0. The van der Waals surface area contributed by atoms with Gasteiger partial charge in [-0.15, -0.1) is 0 Å². The molecule has 79 valence electrons. The molecule has 1 radical (unpaired) electrons. The van der Waals surface area contributed by atoms with Gasteiger partial charge in [0.15, 0.2) is 0 Å². The summed E-state index contributed by atoms with van der Waals surface area (Å²) in [5, 5.41) is 8.33. The molecule has 0 aliphatic rings. The van der Waals surface area contributed by atoms with Gasteiger partial charge < -0.3 is 9.52 Å². The maximum absolute atomic E-state index is 8.59. The fraction of sp³-hybridized carbons (Fsp3) is 0.200. The van der Waals surface area contributed by atoms with Crippen molar-refractivity contribution in [1.29, 1.82) is 0 Å². The van der Waals surface area contributed by atoms with Crippen LogP contribution in [0.15, 0.2) is 22.8 Å². The quantitative estimate of drug-likeness (QED) is 0.603. The van der Waals surface area contributed by atoms with Crippen LogP contribution in [0.4, 0.5) is 0 Å². The van der Waals surface area contributed by atoms with Crippen LogP contribution in [-0.4, -0.2) is 5.11 Å². The molecule has 0 spiro atoms. The molecule has 0 aliphatic carbocycles. The van der Waals surface area contributed by atoms with E-state index in [2.05, 4.69) is 0 Å². The zero-order chi connectivity index (χ0) is 9.61. The summed E-state index contributed by atoms with van der Waals surface area (Å²) in [6.07, 6.45) is 1.53. The molecule has 0 bridgehead atoms. The van der Waals surface area contributed by atoms with Gasteiger partial charge in [-0.2, -0.15) is 0 Å². The Balaban J connectivity index is 0. The second-order valence-corrected chi connectivity index (χ2v) is 2.92. The van der Waals surface area contributed by atoms with Crippen molar-refractivity contribution in [1.82, 2.24) is 0 Å². The van der Waals surface area contributed by atoms with Gasteiger partial charge in [0.1, 0.15) is 12.4 Å². The number of aliphatic hydroxyl groups excluding tert-OH is 1. The van der Waals surface area contributed by atoms with Gasteiger partial charge in [0, 0.05) is 0 Å². The molecule has 0 aromatic carbocycles. The van der Waals surface area contributed by atoms with Crippen LogP contribution >= 0.6 is 0 Å². The normalized spacial score (nSPS) is 9.46. The topological polar surface area (TPSA) is 114 Å². The Hall–Kier alpha value is -0.188. The molecule has 1 aromatic rings. The van der Waals surface area contributed by atoms with E-state index in [-0.39, 0.29) is 23.7 Å². The van der Waals surface area contributed by atoms with Crippen molar-refractivity contribution < 1.29 is 56.1 Å². The van der Waals surface area contributed by atoms with Crippen LogP contribution in [-0.2, 0) is 44.9 Å². The van der Waals surface area contributed by atoms with E-state index in [0.717, 1.165) is 0 Å². The first-order chi connectivity index (χ1) is 5.43. The third-order valence-electron chi connectivity index (χ3n) is 0.736. The number of aliphatic hydroxyl groups is 1. The van der Waals surface area contributed by atoms with E-state index in [1.165, 1.54) is 6.26 Å². The Morgan fingerprint density at radius 3 is 2.08 bits per heavy atom. The Labute approximate surface area is 87.0 Å². The minimum atomic E-state index is -5.75. The van der Waals surface area contributed by atoms with Crippen molar-refractivity contribution >= 4 is 0 Å². The number of hydrogen-bond acceptors (Lipinski definition) is 6. The SMILES string of the molecule is OCc1ccco1.[Cu+2].[O]=[Cr](=[O])([O-])[O-]. The van der Waals surface area contributed by atoms with Crippen molar-refractivity contribution in [3.8, 4) is 0 Å². The summed E-state index contributed by atoms with van der Waals surface area (Å²) >= 11 is -5.75. The Morgan fingerprint density at radius 2 is 1.92 bits per heavy atom. The van der Waals surface area contributed by atoms with Crippen molar-refractivity contribution in [2.24, 2.45) is 0 Å². The number of hydrogen-bond donors (Lipinski definition) is 1. The second-order valence-electron chi connectivity index (χ2n) is 1.65. The van der Waals surface area contributed by atoms with Crippen LogP contribution in [0.1, 0.15) is 5.76 Å². The predicted molar refractivity (Wildman–Crippen MR) is 26.0 cm³/mol. The van der Waals surface area contributed by atoms with Gasteiger partial charge in [0.05, 0.1) is 6.26 Å². The summed E-state index contributed by atoms with van der Waals surface area (Å²) in [5.74, 6) is 0.611. The first kappa shape index (κ1) is 15.3. The molecular weight excluding hydrogens is 272 g/mol.